The van der Waals surface area contributed by atoms with Crippen LogP contribution in [-0.4, -0.2) is 81.4 Å². The maximum atomic E-state index is 5.19. The standard InChI is InChI=1S/C23H28N8OS/c1-16-18(14-25-29-16)19-3-4-20-22(26-19)33-23(27-20)28-21-13-17(5-6-24-21)15-31-9-7-30(8-10-31)11-12-32-2/h3-6,13-14H,7-12,15H2,1-2H3,(H,25,29)(H,24,27,28). The number of rotatable bonds is 8. The molecule has 0 radical (unpaired) electrons. The fraction of sp³-hybridized carbons (Fsp3) is 0.391. The van der Waals surface area contributed by atoms with E-state index in [0.717, 1.165) is 84.1 Å². The van der Waals surface area contributed by atoms with E-state index in [1.807, 2.05) is 25.3 Å². The summed E-state index contributed by atoms with van der Waals surface area (Å²) in [6.07, 6.45) is 3.66. The molecule has 0 aromatic carbocycles. The van der Waals surface area contributed by atoms with Crippen LogP contribution in [-0.2, 0) is 11.3 Å². The van der Waals surface area contributed by atoms with Crippen molar-refractivity contribution in [3.63, 3.8) is 0 Å². The fourth-order valence-corrected chi connectivity index (χ4v) is 4.87. The number of nitrogens with zero attached hydrogens (tertiary/aromatic N) is 6. The molecule has 1 saturated heterocycles. The number of methoxy groups -OCH3 is 1. The van der Waals surface area contributed by atoms with Gasteiger partial charge in [0.05, 0.1) is 18.5 Å². The molecule has 1 fully saturated rings. The molecule has 9 nitrogen and oxygen atoms in total. The number of anilines is 2. The van der Waals surface area contributed by atoms with Gasteiger partial charge in [-0.3, -0.25) is 14.9 Å². The van der Waals surface area contributed by atoms with Crippen molar-refractivity contribution in [3.05, 3.63) is 47.9 Å². The zero-order valence-electron chi connectivity index (χ0n) is 18.9. The van der Waals surface area contributed by atoms with Crippen molar-refractivity contribution in [2.24, 2.45) is 0 Å². The minimum absolute atomic E-state index is 0.787. The number of nitrogens with one attached hydrogen (secondary N) is 2. The van der Waals surface area contributed by atoms with Gasteiger partial charge in [0.15, 0.2) is 5.13 Å². The highest BCUT2D eigenvalue weighted by atomic mass is 32.1. The molecule has 5 rings (SSSR count). The molecule has 1 aliphatic heterocycles. The summed E-state index contributed by atoms with van der Waals surface area (Å²) in [5.74, 6) is 0.802. The van der Waals surface area contributed by atoms with Gasteiger partial charge >= 0.3 is 0 Å². The molecule has 0 saturated carbocycles. The summed E-state index contributed by atoms with van der Waals surface area (Å²) in [5.41, 5.74) is 5.02. The van der Waals surface area contributed by atoms with Crippen molar-refractivity contribution in [3.8, 4) is 11.3 Å². The average molecular weight is 465 g/mol. The van der Waals surface area contributed by atoms with Crippen molar-refractivity contribution in [1.82, 2.24) is 34.9 Å². The Bertz CT molecular complexity index is 1210. The Hall–Kier alpha value is -2.92. The highest BCUT2D eigenvalue weighted by Crippen LogP contribution is 2.29. The Kier molecular flexibility index (Phi) is 6.58. The molecule has 1 aliphatic rings. The largest absolute Gasteiger partial charge is 0.383 e. The van der Waals surface area contributed by atoms with E-state index in [0.29, 0.717) is 0 Å². The van der Waals surface area contributed by atoms with Crippen LogP contribution in [0.4, 0.5) is 10.9 Å². The lowest BCUT2D eigenvalue weighted by Gasteiger charge is -2.34. The predicted octanol–water partition coefficient (Wildman–Crippen LogP) is 3.29. The molecule has 5 heterocycles. The van der Waals surface area contributed by atoms with E-state index < -0.39 is 0 Å². The van der Waals surface area contributed by atoms with Crippen LogP contribution in [0.2, 0.25) is 0 Å². The normalized spacial score (nSPS) is 15.3. The van der Waals surface area contributed by atoms with Crippen molar-refractivity contribution >= 4 is 32.6 Å². The monoisotopic (exact) mass is 464 g/mol. The van der Waals surface area contributed by atoms with Crippen LogP contribution in [0.5, 0.6) is 0 Å². The molecular formula is C23H28N8OS. The Labute approximate surface area is 196 Å². The Morgan fingerprint density at radius 2 is 1.97 bits per heavy atom. The molecule has 10 heteroatoms. The summed E-state index contributed by atoms with van der Waals surface area (Å²) in [4.78, 5) is 19.8. The van der Waals surface area contributed by atoms with E-state index in [1.54, 1.807) is 13.3 Å². The van der Waals surface area contributed by atoms with Gasteiger partial charge in [-0.05, 0) is 36.8 Å². The topological polar surface area (TPSA) is 95.1 Å². The first-order valence-corrected chi connectivity index (χ1v) is 11.9. The second-order valence-electron chi connectivity index (χ2n) is 8.23. The molecule has 0 spiro atoms. The van der Waals surface area contributed by atoms with E-state index in [1.165, 1.54) is 16.9 Å². The quantitative estimate of drug-likeness (QED) is 0.410. The Morgan fingerprint density at radius 1 is 1.12 bits per heavy atom. The summed E-state index contributed by atoms with van der Waals surface area (Å²) in [6.45, 7) is 9.02. The summed E-state index contributed by atoms with van der Waals surface area (Å²) in [5, 5.41) is 11.2. The van der Waals surface area contributed by atoms with Gasteiger partial charge < -0.3 is 10.1 Å². The number of pyridine rings is 2. The molecule has 4 aromatic heterocycles. The van der Waals surface area contributed by atoms with Crippen molar-refractivity contribution in [1.29, 1.82) is 0 Å². The van der Waals surface area contributed by atoms with Crippen molar-refractivity contribution < 1.29 is 4.74 Å². The first-order chi connectivity index (χ1) is 16.2. The molecule has 0 amide bonds. The number of aromatic nitrogens is 5. The first kappa shape index (κ1) is 21.9. The molecule has 4 aromatic rings. The number of hydrogen-bond donors (Lipinski definition) is 2. The van der Waals surface area contributed by atoms with E-state index in [4.69, 9.17) is 9.72 Å². The number of piperazine rings is 1. The van der Waals surface area contributed by atoms with E-state index >= 15 is 0 Å². The fourth-order valence-electron chi connectivity index (χ4n) is 4.03. The van der Waals surface area contributed by atoms with E-state index in [9.17, 15) is 0 Å². The minimum atomic E-state index is 0.787. The number of thiazole rings is 1. The third kappa shape index (κ3) is 5.19. The average Bonchev–Trinajstić information content (AvgIpc) is 3.43. The molecule has 2 N–H and O–H groups in total. The molecule has 33 heavy (non-hydrogen) atoms. The molecule has 172 valence electrons. The van der Waals surface area contributed by atoms with E-state index in [-0.39, 0.29) is 0 Å². The Balaban J connectivity index is 1.24. The zero-order valence-corrected chi connectivity index (χ0v) is 19.7. The summed E-state index contributed by atoms with van der Waals surface area (Å²) >= 11 is 1.53. The zero-order chi connectivity index (χ0) is 22.6. The maximum Gasteiger partial charge on any atom is 0.190 e. The van der Waals surface area contributed by atoms with Crippen LogP contribution >= 0.6 is 11.3 Å². The number of aryl methyl sites for hydroxylation is 1. The van der Waals surface area contributed by atoms with Gasteiger partial charge in [-0.1, -0.05) is 11.3 Å². The van der Waals surface area contributed by atoms with Crippen LogP contribution in [0, 0.1) is 6.92 Å². The van der Waals surface area contributed by atoms with Gasteiger partial charge in [0.1, 0.15) is 16.2 Å². The van der Waals surface area contributed by atoms with Crippen LogP contribution in [0.3, 0.4) is 0 Å². The van der Waals surface area contributed by atoms with Gasteiger partial charge in [0.2, 0.25) is 0 Å². The second-order valence-corrected chi connectivity index (χ2v) is 9.21. The molecule has 0 bridgehead atoms. The van der Waals surface area contributed by atoms with Gasteiger partial charge in [0, 0.05) is 63.8 Å². The number of ether oxygens (including phenoxy) is 1. The van der Waals surface area contributed by atoms with E-state index in [2.05, 4.69) is 47.4 Å². The van der Waals surface area contributed by atoms with Crippen LogP contribution in [0.1, 0.15) is 11.3 Å². The van der Waals surface area contributed by atoms with Crippen molar-refractivity contribution in [2.45, 2.75) is 13.5 Å². The van der Waals surface area contributed by atoms with Crippen molar-refractivity contribution in [2.75, 3.05) is 51.8 Å². The molecule has 0 unspecified atom stereocenters. The smallest absolute Gasteiger partial charge is 0.190 e. The number of fused-ring (bicyclic) bond motifs is 1. The van der Waals surface area contributed by atoms with Gasteiger partial charge in [-0.25, -0.2) is 15.0 Å². The Morgan fingerprint density at radius 3 is 2.76 bits per heavy atom. The molecule has 0 atom stereocenters. The van der Waals surface area contributed by atoms with Crippen LogP contribution in [0.25, 0.3) is 21.6 Å². The number of H-pyrrole nitrogens is 1. The lowest BCUT2D eigenvalue weighted by atomic mass is 10.2. The molecular weight excluding hydrogens is 436 g/mol. The van der Waals surface area contributed by atoms with Crippen LogP contribution < -0.4 is 5.32 Å². The summed E-state index contributed by atoms with van der Waals surface area (Å²) in [7, 11) is 1.76. The summed E-state index contributed by atoms with van der Waals surface area (Å²) < 4.78 is 5.19. The minimum Gasteiger partial charge on any atom is -0.383 e. The highest BCUT2D eigenvalue weighted by molar-refractivity contribution is 7.21. The van der Waals surface area contributed by atoms with Gasteiger partial charge in [-0.2, -0.15) is 5.10 Å². The predicted molar refractivity (Wildman–Crippen MR) is 131 cm³/mol. The maximum absolute atomic E-state index is 5.19. The molecule has 0 aliphatic carbocycles. The van der Waals surface area contributed by atoms with Gasteiger partial charge in [0.25, 0.3) is 0 Å². The summed E-state index contributed by atoms with van der Waals surface area (Å²) in [6, 6.07) is 8.18. The van der Waals surface area contributed by atoms with Crippen LogP contribution in [0.15, 0.2) is 36.7 Å². The first-order valence-electron chi connectivity index (χ1n) is 11.1. The second kappa shape index (κ2) is 9.92. The lowest BCUT2D eigenvalue weighted by Crippen LogP contribution is -2.46. The third-order valence-corrected chi connectivity index (χ3v) is 6.78. The third-order valence-electron chi connectivity index (χ3n) is 5.90. The SMILES string of the molecule is COCCN1CCN(Cc2ccnc(Nc3nc4ccc(-c5cn[nH]c5C)nc4s3)c2)CC1. The number of aromatic amines is 1. The highest BCUT2D eigenvalue weighted by Gasteiger charge is 2.17. The lowest BCUT2D eigenvalue weighted by molar-refractivity contribution is 0.0938. The number of hydrogen-bond acceptors (Lipinski definition) is 9. The van der Waals surface area contributed by atoms with Gasteiger partial charge in [-0.15, -0.1) is 0 Å².